The summed E-state index contributed by atoms with van der Waals surface area (Å²) in [5.74, 6) is 3.21. The summed E-state index contributed by atoms with van der Waals surface area (Å²) in [6.45, 7) is 28.2. The molecular weight excluding hydrogens is 779 g/mol. The average molecular weight is 862 g/mol. The first-order valence-electron chi connectivity index (χ1n) is 25.2. The van der Waals surface area contributed by atoms with Gasteiger partial charge in [-0.05, 0) is 167 Å². The summed E-state index contributed by atoms with van der Waals surface area (Å²) in [6.07, 6.45) is 11.3. The highest BCUT2D eigenvalue weighted by Crippen LogP contribution is 2.33. The van der Waals surface area contributed by atoms with Crippen molar-refractivity contribution in [3.8, 4) is 0 Å². The molecule has 10 rings (SSSR count). The van der Waals surface area contributed by atoms with E-state index in [0.717, 1.165) is 32.7 Å². The van der Waals surface area contributed by atoms with E-state index in [4.69, 9.17) is 0 Å². The van der Waals surface area contributed by atoms with Crippen LogP contribution in [0.1, 0.15) is 180 Å². The van der Waals surface area contributed by atoms with Crippen LogP contribution in [0.2, 0.25) is 0 Å². The molecule has 0 aromatic heterocycles. The maximum Gasteiger partial charge on any atom is 0.0407 e. The highest BCUT2D eigenvalue weighted by Gasteiger charge is 2.17. The highest BCUT2D eigenvalue weighted by atomic mass is 14.9. The van der Waals surface area contributed by atoms with Gasteiger partial charge < -0.3 is 26.6 Å². The predicted octanol–water partition coefficient (Wildman–Crippen LogP) is 15.5. The fourth-order valence-corrected chi connectivity index (χ4v) is 9.70. The van der Waals surface area contributed by atoms with Gasteiger partial charge >= 0.3 is 0 Å². The van der Waals surface area contributed by atoms with Crippen LogP contribution in [0.4, 0.5) is 28.4 Å². The largest absolute Gasteiger partial charge is 0.385 e. The number of benzene rings is 5. The minimum atomic E-state index is 0.626. The monoisotopic (exact) mass is 862 g/mol. The van der Waals surface area contributed by atoms with E-state index >= 15 is 0 Å². The first-order chi connectivity index (χ1) is 30.9. The first-order valence-corrected chi connectivity index (χ1v) is 25.2. The van der Waals surface area contributed by atoms with Gasteiger partial charge in [0.1, 0.15) is 0 Å². The zero-order valence-electron chi connectivity index (χ0n) is 41.4. The fourth-order valence-electron chi connectivity index (χ4n) is 9.70. The smallest absolute Gasteiger partial charge is 0.0407 e. The van der Waals surface area contributed by atoms with E-state index in [9.17, 15) is 0 Å². The molecule has 5 aliphatic rings. The van der Waals surface area contributed by atoms with Gasteiger partial charge in [0.25, 0.3) is 0 Å². The molecule has 0 unspecified atom stereocenters. The Hall–Kier alpha value is -4.90. The molecule has 5 aliphatic heterocycles. The maximum absolute atomic E-state index is 3.51. The van der Waals surface area contributed by atoms with Gasteiger partial charge in [-0.15, -0.1) is 0 Å². The van der Waals surface area contributed by atoms with Gasteiger partial charge in [-0.3, -0.25) is 0 Å². The van der Waals surface area contributed by atoms with E-state index in [1.165, 1.54) is 136 Å². The normalized spacial score (nSPS) is 15.2. The lowest BCUT2D eigenvalue weighted by atomic mass is 9.91. The predicted molar refractivity (Wildman–Crippen MR) is 282 cm³/mol. The van der Waals surface area contributed by atoms with Crippen molar-refractivity contribution in [1.82, 2.24) is 0 Å². The minimum Gasteiger partial charge on any atom is -0.385 e. The second kappa shape index (κ2) is 23.9. The van der Waals surface area contributed by atoms with Crippen LogP contribution in [0.15, 0.2) is 91.0 Å². The Morgan fingerprint density at radius 2 is 0.797 bits per heavy atom. The van der Waals surface area contributed by atoms with Crippen LogP contribution in [0.25, 0.3) is 0 Å². The molecule has 0 bridgehead atoms. The lowest BCUT2D eigenvalue weighted by molar-refractivity contribution is 0.782. The second-order valence-electron chi connectivity index (χ2n) is 20.0. The van der Waals surface area contributed by atoms with Crippen LogP contribution < -0.4 is 26.6 Å². The van der Waals surface area contributed by atoms with Gasteiger partial charge in [-0.1, -0.05) is 136 Å². The van der Waals surface area contributed by atoms with Crippen molar-refractivity contribution in [2.24, 2.45) is 0 Å². The second-order valence-corrected chi connectivity index (χ2v) is 20.0. The Bertz CT molecular complexity index is 2100. The summed E-state index contributed by atoms with van der Waals surface area (Å²) in [6, 6.07) is 33.5. The molecule has 5 heterocycles. The van der Waals surface area contributed by atoms with Crippen molar-refractivity contribution in [3.05, 3.63) is 147 Å². The number of hydrogen-bond donors (Lipinski definition) is 5. The Kier molecular flexibility index (Phi) is 18.1. The van der Waals surface area contributed by atoms with Crippen molar-refractivity contribution in [2.75, 3.05) is 59.3 Å². The van der Waals surface area contributed by atoms with Crippen LogP contribution in [0.3, 0.4) is 0 Å². The summed E-state index contributed by atoms with van der Waals surface area (Å²) >= 11 is 0. The van der Waals surface area contributed by atoms with Gasteiger partial charge in [0.2, 0.25) is 0 Å². The summed E-state index contributed by atoms with van der Waals surface area (Å²) in [5, 5.41) is 17.3. The van der Waals surface area contributed by atoms with Crippen LogP contribution >= 0.6 is 0 Å². The van der Waals surface area contributed by atoms with E-state index in [1.807, 2.05) is 0 Å². The molecule has 0 atom stereocenters. The number of fused-ring (bicyclic) bond motifs is 5. The molecule has 5 nitrogen and oxygen atoms in total. The lowest BCUT2D eigenvalue weighted by Gasteiger charge is -2.22. The third-order valence-electron chi connectivity index (χ3n) is 13.5. The van der Waals surface area contributed by atoms with Crippen molar-refractivity contribution in [3.63, 3.8) is 0 Å². The van der Waals surface area contributed by atoms with Crippen molar-refractivity contribution < 1.29 is 0 Å². The molecule has 0 spiro atoms. The van der Waals surface area contributed by atoms with Crippen molar-refractivity contribution in [2.45, 2.75) is 157 Å². The Morgan fingerprint density at radius 3 is 1.42 bits per heavy atom. The third kappa shape index (κ3) is 13.1. The fraction of sp³-hybridized carbons (Fsp3) is 0.492. The quantitative estimate of drug-likeness (QED) is 0.122. The molecular formula is C59H83N5. The zero-order chi connectivity index (χ0) is 45.6. The first kappa shape index (κ1) is 48.6. The Morgan fingerprint density at radius 1 is 0.328 bits per heavy atom. The van der Waals surface area contributed by atoms with Gasteiger partial charge in [0, 0.05) is 61.2 Å². The average Bonchev–Trinajstić information content (AvgIpc) is 3.81. The van der Waals surface area contributed by atoms with E-state index < -0.39 is 0 Å². The number of anilines is 5. The van der Waals surface area contributed by atoms with E-state index in [0.29, 0.717) is 29.6 Å². The zero-order valence-corrected chi connectivity index (χ0v) is 41.4. The molecule has 5 aromatic carbocycles. The van der Waals surface area contributed by atoms with Crippen LogP contribution in [0, 0.1) is 0 Å². The number of rotatable bonds is 5. The van der Waals surface area contributed by atoms with E-state index in [2.05, 4.69) is 187 Å². The third-order valence-corrected chi connectivity index (χ3v) is 13.5. The SMILES string of the molecule is CC(C)c1ccc2c(c1)CCCN2.CC(C)c1ccc2c(c1)NCCC2.CC(C)c1cccc2c1CCCN2.CC(C)c1cccc2c1CCN2.CC(C)c1cccc2c1NCCC2. The van der Waals surface area contributed by atoms with E-state index in [1.54, 1.807) is 5.56 Å². The van der Waals surface area contributed by atoms with Crippen LogP contribution in [0.5, 0.6) is 0 Å². The van der Waals surface area contributed by atoms with Crippen molar-refractivity contribution in [1.29, 1.82) is 0 Å². The minimum absolute atomic E-state index is 0.626. The molecule has 0 saturated carbocycles. The number of hydrogen-bond acceptors (Lipinski definition) is 5. The molecule has 64 heavy (non-hydrogen) atoms. The van der Waals surface area contributed by atoms with Gasteiger partial charge in [-0.2, -0.15) is 0 Å². The Balaban J connectivity index is 0.000000133. The summed E-state index contributed by atoms with van der Waals surface area (Å²) in [7, 11) is 0. The summed E-state index contributed by atoms with van der Waals surface area (Å²) < 4.78 is 0. The van der Waals surface area contributed by atoms with Crippen LogP contribution in [-0.2, 0) is 32.1 Å². The topological polar surface area (TPSA) is 60.1 Å². The molecule has 344 valence electrons. The number of para-hydroxylation sites is 1. The molecule has 0 radical (unpaired) electrons. The number of aryl methyl sites for hydroxylation is 3. The molecule has 0 amide bonds. The van der Waals surface area contributed by atoms with Gasteiger partial charge in [-0.25, -0.2) is 0 Å². The number of nitrogens with one attached hydrogen (secondary N) is 5. The molecule has 5 heteroatoms. The lowest BCUT2D eigenvalue weighted by Crippen LogP contribution is -2.14. The van der Waals surface area contributed by atoms with E-state index in [-0.39, 0.29) is 0 Å². The highest BCUT2D eigenvalue weighted by molar-refractivity contribution is 5.61. The van der Waals surface area contributed by atoms with Crippen molar-refractivity contribution >= 4 is 28.4 Å². The van der Waals surface area contributed by atoms with Crippen LogP contribution in [-0.4, -0.2) is 32.7 Å². The molecule has 5 aromatic rings. The maximum atomic E-state index is 3.51. The standard InChI is InChI=1S/4C12H17N.C11H15N/c1-9(2)10-5-3-7-12-11(10)6-4-8-13-12;1-9(2)11-7-3-5-10-6-4-8-13-12(10)11;1-9(2)10-5-6-12-11(8-10)4-3-7-13-12;1-9(2)11-6-5-10-4-3-7-13-12(10)8-11;1-8(2)9-4-3-5-11-10(9)6-7-12-11/h2*3,5,7,9,13H,4,6,8H2,1-2H3;2*5-6,8-9,13H,3-4,7H2,1-2H3;3-5,8,12H,6-7H2,1-2H3. The Labute approximate surface area is 389 Å². The molecule has 0 aliphatic carbocycles. The molecule has 5 N–H and O–H groups in total. The van der Waals surface area contributed by atoms with Gasteiger partial charge in [0.15, 0.2) is 0 Å². The van der Waals surface area contributed by atoms with Gasteiger partial charge in [0.05, 0.1) is 0 Å². The summed E-state index contributed by atoms with van der Waals surface area (Å²) in [4.78, 5) is 0. The molecule has 0 fully saturated rings. The summed E-state index contributed by atoms with van der Waals surface area (Å²) in [5.41, 5.74) is 21.8. The molecule has 0 saturated heterocycles.